The van der Waals surface area contributed by atoms with Crippen molar-refractivity contribution in [3.8, 4) is 0 Å². The van der Waals surface area contributed by atoms with Crippen LogP contribution in [0.5, 0.6) is 0 Å². The van der Waals surface area contributed by atoms with Crippen molar-refractivity contribution < 1.29 is 4.74 Å². The van der Waals surface area contributed by atoms with Gasteiger partial charge >= 0.3 is 0 Å². The summed E-state index contributed by atoms with van der Waals surface area (Å²) in [4.78, 5) is 8.42. The second kappa shape index (κ2) is 6.50. The largest absolute Gasteiger partial charge is 0.377 e. The van der Waals surface area contributed by atoms with Crippen molar-refractivity contribution in [3.63, 3.8) is 0 Å². The SMILES string of the molecule is COCc1nc(Cl)cc(NCc2ccccc2C)n1. The fourth-order valence-electron chi connectivity index (χ4n) is 1.74. The Morgan fingerprint density at radius 1 is 1.26 bits per heavy atom. The van der Waals surface area contributed by atoms with Crippen LogP contribution < -0.4 is 5.32 Å². The lowest BCUT2D eigenvalue weighted by Crippen LogP contribution is -2.06. The molecule has 0 radical (unpaired) electrons. The van der Waals surface area contributed by atoms with Crippen LogP contribution in [-0.4, -0.2) is 17.1 Å². The predicted octanol–water partition coefficient (Wildman–Crippen LogP) is 3.20. The van der Waals surface area contributed by atoms with Crippen LogP contribution >= 0.6 is 11.6 Å². The van der Waals surface area contributed by atoms with Crippen molar-refractivity contribution in [1.29, 1.82) is 0 Å². The minimum absolute atomic E-state index is 0.347. The van der Waals surface area contributed by atoms with Crippen LogP contribution in [0.2, 0.25) is 5.15 Å². The third-order valence-corrected chi connectivity index (χ3v) is 2.93. The average Bonchev–Trinajstić information content (AvgIpc) is 2.37. The van der Waals surface area contributed by atoms with E-state index in [1.165, 1.54) is 11.1 Å². The van der Waals surface area contributed by atoms with E-state index in [-0.39, 0.29) is 0 Å². The van der Waals surface area contributed by atoms with E-state index in [4.69, 9.17) is 16.3 Å². The van der Waals surface area contributed by atoms with Crippen LogP contribution in [0.4, 0.5) is 5.82 Å². The van der Waals surface area contributed by atoms with E-state index in [0.717, 1.165) is 0 Å². The molecule has 2 rings (SSSR count). The van der Waals surface area contributed by atoms with Gasteiger partial charge in [-0.25, -0.2) is 9.97 Å². The molecule has 0 spiro atoms. The fourth-order valence-corrected chi connectivity index (χ4v) is 1.94. The average molecular weight is 278 g/mol. The van der Waals surface area contributed by atoms with E-state index in [1.807, 2.05) is 12.1 Å². The second-order valence-corrected chi connectivity index (χ2v) is 4.59. The summed E-state index contributed by atoms with van der Waals surface area (Å²) in [5.41, 5.74) is 2.47. The van der Waals surface area contributed by atoms with E-state index >= 15 is 0 Å². The van der Waals surface area contributed by atoms with Gasteiger partial charge in [-0.05, 0) is 18.1 Å². The summed E-state index contributed by atoms with van der Waals surface area (Å²) >= 11 is 5.95. The molecular formula is C14H16ClN3O. The maximum absolute atomic E-state index is 5.95. The third-order valence-electron chi connectivity index (χ3n) is 2.74. The van der Waals surface area contributed by atoms with Crippen LogP contribution in [0.3, 0.4) is 0 Å². The first-order valence-corrected chi connectivity index (χ1v) is 6.37. The van der Waals surface area contributed by atoms with Crippen LogP contribution in [0.1, 0.15) is 17.0 Å². The van der Waals surface area contributed by atoms with Crippen molar-refractivity contribution in [2.45, 2.75) is 20.1 Å². The summed E-state index contributed by atoms with van der Waals surface area (Å²) in [7, 11) is 1.60. The lowest BCUT2D eigenvalue weighted by atomic mass is 10.1. The van der Waals surface area contributed by atoms with Gasteiger partial charge in [0.1, 0.15) is 17.6 Å². The minimum Gasteiger partial charge on any atom is -0.377 e. The third kappa shape index (κ3) is 3.91. The van der Waals surface area contributed by atoms with Crippen molar-refractivity contribution in [1.82, 2.24) is 9.97 Å². The Morgan fingerprint density at radius 3 is 2.79 bits per heavy atom. The maximum atomic E-state index is 5.95. The topological polar surface area (TPSA) is 47.0 Å². The molecular weight excluding hydrogens is 262 g/mol. The predicted molar refractivity (Wildman–Crippen MR) is 76.3 cm³/mol. The molecule has 0 aliphatic rings. The Kier molecular flexibility index (Phi) is 4.71. The van der Waals surface area contributed by atoms with E-state index in [9.17, 15) is 0 Å². The quantitative estimate of drug-likeness (QED) is 0.853. The normalized spacial score (nSPS) is 10.5. The first kappa shape index (κ1) is 13.8. The number of aromatic nitrogens is 2. The molecule has 1 N–H and O–H groups in total. The van der Waals surface area contributed by atoms with E-state index < -0.39 is 0 Å². The molecule has 0 saturated carbocycles. The highest BCUT2D eigenvalue weighted by molar-refractivity contribution is 6.29. The molecule has 0 unspecified atom stereocenters. The Hall–Kier alpha value is -1.65. The molecule has 0 aliphatic heterocycles. The molecule has 19 heavy (non-hydrogen) atoms. The van der Waals surface area contributed by atoms with Gasteiger partial charge in [-0.2, -0.15) is 0 Å². The van der Waals surface area contributed by atoms with Crippen LogP contribution in [0.15, 0.2) is 30.3 Å². The van der Waals surface area contributed by atoms with Crippen molar-refractivity contribution in [3.05, 3.63) is 52.4 Å². The van der Waals surface area contributed by atoms with Gasteiger partial charge in [0.25, 0.3) is 0 Å². The number of ether oxygens (including phenoxy) is 1. The Bertz CT molecular complexity index is 560. The highest BCUT2D eigenvalue weighted by Crippen LogP contribution is 2.14. The first-order chi connectivity index (χ1) is 9.19. The number of nitrogens with zero attached hydrogens (tertiary/aromatic N) is 2. The number of nitrogens with one attached hydrogen (secondary N) is 1. The molecule has 5 heteroatoms. The number of methoxy groups -OCH3 is 1. The molecule has 4 nitrogen and oxygen atoms in total. The molecule has 0 fully saturated rings. The summed E-state index contributed by atoms with van der Waals surface area (Å²) in [6.07, 6.45) is 0. The Morgan fingerprint density at radius 2 is 2.05 bits per heavy atom. The summed E-state index contributed by atoms with van der Waals surface area (Å²) < 4.78 is 5.01. The molecule has 0 saturated heterocycles. The number of aryl methyl sites for hydroxylation is 1. The molecule has 1 heterocycles. The molecule has 2 aromatic rings. The lowest BCUT2D eigenvalue weighted by molar-refractivity contribution is 0.178. The number of halogens is 1. The molecule has 0 amide bonds. The van der Waals surface area contributed by atoms with Gasteiger partial charge in [0.15, 0.2) is 5.82 Å². The molecule has 100 valence electrons. The summed E-state index contributed by atoms with van der Waals surface area (Å²) in [6, 6.07) is 9.92. The number of hydrogen-bond acceptors (Lipinski definition) is 4. The van der Waals surface area contributed by atoms with Crippen LogP contribution in [-0.2, 0) is 17.9 Å². The van der Waals surface area contributed by atoms with Gasteiger partial charge in [-0.1, -0.05) is 35.9 Å². The van der Waals surface area contributed by atoms with Gasteiger partial charge in [-0.15, -0.1) is 0 Å². The summed E-state index contributed by atoms with van der Waals surface area (Å²) in [5.74, 6) is 1.28. The highest BCUT2D eigenvalue weighted by Gasteiger charge is 2.04. The molecule has 0 atom stereocenters. The summed E-state index contributed by atoms with van der Waals surface area (Å²) in [6.45, 7) is 3.13. The van der Waals surface area contributed by atoms with Gasteiger partial charge in [0, 0.05) is 19.7 Å². The van der Waals surface area contributed by atoms with Gasteiger partial charge in [0.05, 0.1) is 0 Å². The van der Waals surface area contributed by atoms with Gasteiger partial charge in [-0.3, -0.25) is 0 Å². The van der Waals surface area contributed by atoms with E-state index in [0.29, 0.717) is 29.9 Å². The lowest BCUT2D eigenvalue weighted by Gasteiger charge is -2.09. The molecule has 1 aromatic heterocycles. The van der Waals surface area contributed by atoms with Crippen molar-refractivity contribution in [2.75, 3.05) is 12.4 Å². The van der Waals surface area contributed by atoms with Crippen LogP contribution in [0, 0.1) is 6.92 Å². The van der Waals surface area contributed by atoms with Crippen molar-refractivity contribution >= 4 is 17.4 Å². The zero-order chi connectivity index (χ0) is 13.7. The number of rotatable bonds is 5. The molecule has 0 aliphatic carbocycles. The monoisotopic (exact) mass is 277 g/mol. The second-order valence-electron chi connectivity index (χ2n) is 4.21. The number of hydrogen-bond donors (Lipinski definition) is 1. The standard InChI is InChI=1S/C14H16ClN3O/c1-10-5-3-4-6-11(10)8-16-13-7-12(15)17-14(18-13)9-19-2/h3-7H,8-9H2,1-2H3,(H,16,17,18). The van der Waals surface area contributed by atoms with E-state index in [1.54, 1.807) is 13.2 Å². The minimum atomic E-state index is 0.347. The number of anilines is 1. The van der Waals surface area contributed by atoms with Gasteiger partial charge in [0.2, 0.25) is 0 Å². The van der Waals surface area contributed by atoms with Crippen LogP contribution in [0.25, 0.3) is 0 Å². The van der Waals surface area contributed by atoms with Crippen molar-refractivity contribution in [2.24, 2.45) is 0 Å². The smallest absolute Gasteiger partial charge is 0.158 e. The Labute approximate surface area is 117 Å². The summed E-state index contributed by atoms with van der Waals surface area (Å²) in [5, 5.41) is 3.66. The maximum Gasteiger partial charge on any atom is 0.158 e. The van der Waals surface area contributed by atoms with E-state index in [2.05, 4.69) is 34.3 Å². The highest BCUT2D eigenvalue weighted by atomic mass is 35.5. The van der Waals surface area contributed by atoms with Gasteiger partial charge < -0.3 is 10.1 Å². The Balaban J connectivity index is 2.09. The first-order valence-electron chi connectivity index (χ1n) is 6.00. The fraction of sp³-hybridized carbons (Fsp3) is 0.286. The zero-order valence-electron chi connectivity index (χ0n) is 11.0. The number of benzene rings is 1. The molecule has 1 aromatic carbocycles. The zero-order valence-corrected chi connectivity index (χ0v) is 11.7. The molecule has 0 bridgehead atoms.